The second-order valence-corrected chi connectivity index (χ2v) is 4.78. The summed E-state index contributed by atoms with van der Waals surface area (Å²) in [6, 6.07) is 6.63. The van der Waals surface area contributed by atoms with Crippen molar-refractivity contribution < 1.29 is 0 Å². The van der Waals surface area contributed by atoms with Crippen LogP contribution in [-0.4, -0.2) is 11.5 Å². The molecule has 0 aliphatic rings. The maximum atomic E-state index is 4.20. The van der Waals surface area contributed by atoms with Gasteiger partial charge in [-0.1, -0.05) is 17.7 Å². The number of thioether (sulfide) groups is 1. The van der Waals surface area contributed by atoms with Crippen LogP contribution in [0.5, 0.6) is 0 Å². The summed E-state index contributed by atoms with van der Waals surface area (Å²) >= 11 is 6.13. The molecule has 13 heavy (non-hydrogen) atoms. The van der Waals surface area contributed by atoms with E-state index in [2.05, 4.69) is 44.7 Å². The van der Waals surface area contributed by atoms with Gasteiger partial charge in [-0.2, -0.15) is 12.6 Å². The molecule has 0 aromatic heterocycles. The summed E-state index contributed by atoms with van der Waals surface area (Å²) in [5.74, 6) is 2.16. The van der Waals surface area contributed by atoms with E-state index < -0.39 is 0 Å². The van der Waals surface area contributed by atoms with Gasteiger partial charge in [0.2, 0.25) is 0 Å². The van der Waals surface area contributed by atoms with Gasteiger partial charge in [0.15, 0.2) is 0 Å². The highest BCUT2D eigenvalue weighted by molar-refractivity contribution is 7.99. The molecule has 1 rings (SSSR count). The molecule has 0 radical (unpaired) electrons. The van der Waals surface area contributed by atoms with E-state index >= 15 is 0 Å². The summed E-state index contributed by atoms with van der Waals surface area (Å²) < 4.78 is 0. The molecule has 2 heteroatoms. The smallest absolute Gasteiger partial charge is 0.0101 e. The van der Waals surface area contributed by atoms with Crippen molar-refractivity contribution in [1.82, 2.24) is 0 Å². The van der Waals surface area contributed by atoms with Crippen molar-refractivity contribution in [3.63, 3.8) is 0 Å². The molecule has 1 aromatic carbocycles. The highest BCUT2D eigenvalue weighted by Crippen LogP contribution is 2.23. The van der Waals surface area contributed by atoms with Gasteiger partial charge in [-0.05, 0) is 43.4 Å². The van der Waals surface area contributed by atoms with Crippen LogP contribution < -0.4 is 0 Å². The fourth-order valence-corrected chi connectivity index (χ4v) is 2.54. The molecule has 0 bridgehead atoms. The number of aryl methyl sites for hydroxylation is 2. The fraction of sp³-hybridized carbons (Fsp3) is 0.455. The zero-order valence-corrected chi connectivity index (χ0v) is 9.92. The molecular weight excluding hydrogens is 196 g/mol. The Bertz CT molecular complexity index is 269. The second-order valence-electron chi connectivity index (χ2n) is 3.19. The minimum atomic E-state index is 0.984. The fourth-order valence-electron chi connectivity index (χ4n) is 1.21. The van der Waals surface area contributed by atoms with Crippen LogP contribution in [0.25, 0.3) is 0 Å². The highest BCUT2D eigenvalue weighted by Gasteiger charge is 1.98. The van der Waals surface area contributed by atoms with Gasteiger partial charge < -0.3 is 0 Å². The van der Waals surface area contributed by atoms with Crippen LogP contribution >= 0.6 is 24.4 Å². The number of hydrogen-bond acceptors (Lipinski definition) is 2. The lowest BCUT2D eigenvalue weighted by Crippen LogP contribution is -1.85. The van der Waals surface area contributed by atoms with Crippen LogP contribution in [0.2, 0.25) is 0 Å². The van der Waals surface area contributed by atoms with E-state index in [1.807, 2.05) is 11.8 Å². The first kappa shape index (κ1) is 11.0. The third-order valence-corrected chi connectivity index (χ3v) is 3.47. The van der Waals surface area contributed by atoms with Gasteiger partial charge >= 0.3 is 0 Å². The molecule has 0 heterocycles. The van der Waals surface area contributed by atoms with Gasteiger partial charge in [0.1, 0.15) is 0 Å². The molecule has 0 aliphatic heterocycles. The first-order valence-corrected chi connectivity index (χ1v) is 6.17. The van der Waals surface area contributed by atoms with Gasteiger partial charge in [0, 0.05) is 4.90 Å². The standard InChI is InChI=1S/C11H16S2/c1-9-4-5-11(10(2)8-9)13-7-3-6-12/h4-5,8,12H,3,6-7H2,1-2H3. The van der Waals surface area contributed by atoms with Crippen molar-refractivity contribution in [2.24, 2.45) is 0 Å². The Kier molecular flexibility index (Phi) is 4.74. The molecule has 0 amide bonds. The van der Waals surface area contributed by atoms with Crippen molar-refractivity contribution in [2.45, 2.75) is 25.2 Å². The predicted molar refractivity (Wildman–Crippen MR) is 65.1 cm³/mol. The number of benzene rings is 1. The summed E-state index contributed by atoms with van der Waals surface area (Å²) in [4.78, 5) is 1.41. The summed E-state index contributed by atoms with van der Waals surface area (Å²) in [6.45, 7) is 4.31. The van der Waals surface area contributed by atoms with E-state index in [0.717, 1.165) is 5.75 Å². The maximum absolute atomic E-state index is 4.20. The quantitative estimate of drug-likeness (QED) is 0.451. The lowest BCUT2D eigenvalue weighted by Gasteiger charge is -2.05. The van der Waals surface area contributed by atoms with Gasteiger partial charge in [-0.25, -0.2) is 0 Å². The van der Waals surface area contributed by atoms with Crippen molar-refractivity contribution in [2.75, 3.05) is 11.5 Å². The largest absolute Gasteiger partial charge is 0.179 e. The average molecular weight is 212 g/mol. The van der Waals surface area contributed by atoms with Crippen LogP contribution in [0.1, 0.15) is 17.5 Å². The maximum Gasteiger partial charge on any atom is 0.0101 e. The minimum absolute atomic E-state index is 0.984. The highest BCUT2D eigenvalue weighted by atomic mass is 32.2. The van der Waals surface area contributed by atoms with Crippen molar-refractivity contribution in [3.8, 4) is 0 Å². The lowest BCUT2D eigenvalue weighted by atomic mass is 10.2. The summed E-state index contributed by atoms with van der Waals surface area (Å²) in [5.41, 5.74) is 2.74. The van der Waals surface area contributed by atoms with Crippen LogP contribution in [0.4, 0.5) is 0 Å². The molecule has 0 saturated heterocycles. The van der Waals surface area contributed by atoms with E-state index in [9.17, 15) is 0 Å². The number of rotatable bonds is 4. The Labute approximate surface area is 90.5 Å². The third kappa shape index (κ3) is 3.65. The summed E-state index contributed by atoms with van der Waals surface area (Å²) in [6.07, 6.45) is 1.18. The molecule has 0 fully saturated rings. The average Bonchev–Trinajstić information content (AvgIpc) is 2.09. The first-order chi connectivity index (χ1) is 6.24. The van der Waals surface area contributed by atoms with Crippen LogP contribution in [0.15, 0.2) is 23.1 Å². The lowest BCUT2D eigenvalue weighted by molar-refractivity contribution is 1.12. The monoisotopic (exact) mass is 212 g/mol. The number of thiol groups is 1. The van der Waals surface area contributed by atoms with E-state index in [0.29, 0.717) is 0 Å². The Balaban J connectivity index is 2.56. The van der Waals surface area contributed by atoms with E-state index in [-0.39, 0.29) is 0 Å². The minimum Gasteiger partial charge on any atom is -0.179 e. The van der Waals surface area contributed by atoms with E-state index in [1.165, 1.54) is 28.2 Å². The van der Waals surface area contributed by atoms with Crippen LogP contribution in [0, 0.1) is 13.8 Å². The Morgan fingerprint density at radius 2 is 2.08 bits per heavy atom. The molecular formula is C11H16S2. The predicted octanol–water partition coefficient (Wildman–Crippen LogP) is 3.72. The first-order valence-electron chi connectivity index (χ1n) is 4.55. The third-order valence-electron chi connectivity index (χ3n) is 1.89. The molecule has 0 aliphatic carbocycles. The van der Waals surface area contributed by atoms with Gasteiger partial charge in [-0.15, -0.1) is 11.8 Å². The molecule has 1 aromatic rings. The number of hydrogen-bond donors (Lipinski definition) is 1. The zero-order valence-electron chi connectivity index (χ0n) is 8.21. The Morgan fingerprint density at radius 1 is 1.31 bits per heavy atom. The second kappa shape index (κ2) is 5.61. The molecule has 72 valence electrons. The Hall–Kier alpha value is -0.0800. The molecule has 0 spiro atoms. The SMILES string of the molecule is Cc1ccc(SCCCS)c(C)c1. The van der Waals surface area contributed by atoms with Crippen molar-refractivity contribution >= 4 is 24.4 Å². The topological polar surface area (TPSA) is 0 Å². The van der Waals surface area contributed by atoms with Crippen molar-refractivity contribution in [3.05, 3.63) is 29.3 Å². The van der Waals surface area contributed by atoms with Crippen LogP contribution in [-0.2, 0) is 0 Å². The molecule has 0 saturated carbocycles. The van der Waals surface area contributed by atoms with Crippen molar-refractivity contribution in [1.29, 1.82) is 0 Å². The molecule has 0 unspecified atom stereocenters. The Morgan fingerprint density at radius 3 is 2.69 bits per heavy atom. The summed E-state index contributed by atoms with van der Waals surface area (Å²) in [7, 11) is 0. The van der Waals surface area contributed by atoms with Gasteiger partial charge in [0.05, 0.1) is 0 Å². The van der Waals surface area contributed by atoms with E-state index in [4.69, 9.17) is 0 Å². The van der Waals surface area contributed by atoms with Gasteiger partial charge in [0.25, 0.3) is 0 Å². The van der Waals surface area contributed by atoms with Crippen LogP contribution in [0.3, 0.4) is 0 Å². The normalized spacial score (nSPS) is 10.4. The molecule has 0 nitrogen and oxygen atoms in total. The molecule has 0 atom stereocenters. The molecule has 0 N–H and O–H groups in total. The zero-order chi connectivity index (χ0) is 9.68. The van der Waals surface area contributed by atoms with Gasteiger partial charge in [-0.3, -0.25) is 0 Å². The summed E-state index contributed by atoms with van der Waals surface area (Å²) in [5, 5.41) is 0. The van der Waals surface area contributed by atoms with E-state index in [1.54, 1.807) is 0 Å².